The lowest BCUT2D eigenvalue weighted by Gasteiger charge is -2.36. The van der Waals surface area contributed by atoms with Crippen LogP contribution in [0.3, 0.4) is 0 Å². The van der Waals surface area contributed by atoms with Crippen LogP contribution in [0.25, 0.3) is 0 Å². The van der Waals surface area contributed by atoms with E-state index in [1.807, 2.05) is 30.3 Å². The number of rotatable bonds is 39. The number of ether oxygens (including phenoxy) is 12. The van der Waals surface area contributed by atoms with Gasteiger partial charge in [0.2, 0.25) is 0 Å². The summed E-state index contributed by atoms with van der Waals surface area (Å²) in [6.45, 7) is 24.6. The summed E-state index contributed by atoms with van der Waals surface area (Å²) in [6.07, 6.45) is 0. The minimum atomic E-state index is -1.70. The average Bonchev–Trinajstić information content (AvgIpc) is 3.11. The molecule has 0 amide bonds. The molecule has 0 saturated heterocycles. The van der Waals surface area contributed by atoms with Gasteiger partial charge < -0.3 is 61.3 Å². The molecule has 0 spiro atoms. The zero-order valence-corrected chi connectivity index (χ0v) is 33.4. The van der Waals surface area contributed by atoms with E-state index in [1.165, 1.54) is 0 Å². The third-order valence-electron chi connectivity index (χ3n) is 7.70. The smallest absolute Gasteiger partial charge is 0.192 e. The molecule has 0 aromatic heterocycles. The molecular weight excluding hydrogens is 680 g/mol. The molecule has 0 aliphatic rings. The summed E-state index contributed by atoms with van der Waals surface area (Å²) in [4.78, 5) is 0. The summed E-state index contributed by atoms with van der Waals surface area (Å²) in [7, 11) is -1.70. The van der Waals surface area contributed by atoms with Crippen LogP contribution in [0, 0.1) is 0 Å². The van der Waals surface area contributed by atoms with Crippen molar-refractivity contribution >= 4 is 8.32 Å². The third-order valence-corrected chi connectivity index (χ3v) is 12.2. The van der Waals surface area contributed by atoms with Gasteiger partial charge in [-0.1, -0.05) is 51.1 Å². The van der Waals surface area contributed by atoms with E-state index in [0.29, 0.717) is 165 Å². The lowest BCUT2D eigenvalue weighted by Crippen LogP contribution is -2.41. The lowest BCUT2D eigenvalue weighted by molar-refractivity contribution is -0.0287. The maximum atomic E-state index is 6.08. The lowest BCUT2D eigenvalue weighted by atomic mass is 10.2. The molecule has 0 N–H and O–H groups in total. The predicted octanol–water partition coefficient (Wildman–Crippen LogP) is 4.41. The Hall–Kier alpha value is -1.08. The van der Waals surface area contributed by atoms with Crippen molar-refractivity contribution in [2.45, 2.75) is 45.5 Å². The standard InChI is InChI=1S/C37H70O13Si/c1-37(2,3)51(4,5)50-34-33-48-30-29-46-26-25-44-22-21-42-18-17-40-14-13-38-11-12-39-15-16-41-19-20-43-23-24-45-27-28-47-31-32-49-35-36-9-7-6-8-10-36/h6-10H,11-35H2,1-5H3. The van der Waals surface area contributed by atoms with Crippen molar-refractivity contribution in [3.8, 4) is 0 Å². The monoisotopic (exact) mass is 750 g/mol. The van der Waals surface area contributed by atoms with Crippen LogP contribution in [0.2, 0.25) is 18.1 Å². The fourth-order valence-corrected chi connectivity index (χ4v) is 4.78. The summed E-state index contributed by atoms with van der Waals surface area (Å²) in [5.41, 5.74) is 1.16. The van der Waals surface area contributed by atoms with E-state index in [4.69, 9.17) is 61.3 Å². The van der Waals surface area contributed by atoms with Gasteiger partial charge in [-0.3, -0.25) is 0 Å². The van der Waals surface area contributed by atoms with Crippen LogP contribution < -0.4 is 0 Å². The summed E-state index contributed by atoms with van der Waals surface area (Å²) < 4.78 is 72.3. The Morgan fingerprint density at radius 2 is 0.588 bits per heavy atom. The van der Waals surface area contributed by atoms with Crippen molar-refractivity contribution in [3.05, 3.63) is 35.9 Å². The first kappa shape index (κ1) is 47.9. The molecule has 1 rings (SSSR count). The number of hydrogen-bond acceptors (Lipinski definition) is 13. The van der Waals surface area contributed by atoms with Crippen LogP contribution in [0.15, 0.2) is 30.3 Å². The van der Waals surface area contributed by atoms with Crippen LogP contribution in [0.4, 0.5) is 0 Å². The van der Waals surface area contributed by atoms with Crippen molar-refractivity contribution in [1.82, 2.24) is 0 Å². The van der Waals surface area contributed by atoms with Gasteiger partial charge in [0.25, 0.3) is 0 Å². The van der Waals surface area contributed by atoms with Crippen LogP contribution >= 0.6 is 0 Å². The highest BCUT2D eigenvalue weighted by Gasteiger charge is 2.36. The highest BCUT2D eigenvalue weighted by molar-refractivity contribution is 6.74. The second-order valence-electron chi connectivity index (χ2n) is 12.9. The van der Waals surface area contributed by atoms with Crippen LogP contribution in [0.5, 0.6) is 0 Å². The minimum Gasteiger partial charge on any atom is -0.414 e. The third kappa shape index (κ3) is 32.1. The molecule has 0 heterocycles. The Balaban J connectivity index is 1.63. The minimum absolute atomic E-state index is 0.216. The second-order valence-corrected chi connectivity index (χ2v) is 17.7. The fraction of sp³-hybridized carbons (Fsp3) is 0.838. The molecule has 0 bridgehead atoms. The van der Waals surface area contributed by atoms with Crippen molar-refractivity contribution in [3.63, 3.8) is 0 Å². The van der Waals surface area contributed by atoms with Gasteiger partial charge in [0.1, 0.15) is 0 Å². The quantitative estimate of drug-likeness (QED) is 0.0699. The molecule has 14 heteroatoms. The van der Waals surface area contributed by atoms with Crippen LogP contribution in [-0.4, -0.2) is 167 Å². The molecule has 0 saturated carbocycles. The van der Waals surface area contributed by atoms with E-state index in [2.05, 4.69) is 33.9 Å². The van der Waals surface area contributed by atoms with Crippen molar-refractivity contribution in [1.29, 1.82) is 0 Å². The molecule has 300 valence electrons. The molecule has 0 atom stereocenters. The first-order valence-corrected chi connectivity index (χ1v) is 21.3. The number of hydrogen-bond donors (Lipinski definition) is 0. The molecule has 1 aromatic carbocycles. The van der Waals surface area contributed by atoms with Crippen molar-refractivity contribution in [2.24, 2.45) is 0 Å². The van der Waals surface area contributed by atoms with Gasteiger partial charge in [0, 0.05) is 0 Å². The Labute approximate surface area is 309 Å². The van der Waals surface area contributed by atoms with E-state index in [-0.39, 0.29) is 5.04 Å². The Kier molecular flexibility index (Phi) is 32.6. The predicted molar refractivity (Wildman–Crippen MR) is 198 cm³/mol. The Morgan fingerprint density at radius 3 is 0.843 bits per heavy atom. The Bertz CT molecular complexity index is 846. The summed E-state index contributed by atoms with van der Waals surface area (Å²) in [6, 6.07) is 10.1. The summed E-state index contributed by atoms with van der Waals surface area (Å²) >= 11 is 0. The summed E-state index contributed by atoms with van der Waals surface area (Å²) in [5, 5.41) is 0.216. The average molecular weight is 751 g/mol. The van der Waals surface area contributed by atoms with Gasteiger partial charge in [-0.2, -0.15) is 0 Å². The molecule has 0 unspecified atom stereocenters. The molecule has 0 aliphatic heterocycles. The van der Waals surface area contributed by atoms with Gasteiger partial charge >= 0.3 is 0 Å². The molecule has 51 heavy (non-hydrogen) atoms. The zero-order chi connectivity index (χ0) is 37.0. The fourth-order valence-electron chi connectivity index (χ4n) is 3.76. The topological polar surface area (TPSA) is 120 Å². The van der Waals surface area contributed by atoms with Crippen LogP contribution in [0.1, 0.15) is 26.3 Å². The van der Waals surface area contributed by atoms with E-state index < -0.39 is 8.32 Å². The first-order chi connectivity index (χ1) is 24.8. The number of benzene rings is 1. The zero-order valence-electron chi connectivity index (χ0n) is 32.4. The maximum Gasteiger partial charge on any atom is 0.192 e. The Morgan fingerprint density at radius 1 is 0.353 bits per heavy atom. The van der Waals surface area contributed by atoms with Gasteiger partial charge in [-0.05, 0) is 23.7 Å². The molecule has 0 fully saturated rings. The second kappa shape index (κ2) is 34.7. The normalized spacial score (nSPS) is 12.3. The summed E-state index contributed by atoms with van der Waals surface area (Å²) in [5.74, 6) is 0. The van der Waals surface area contributed by atoms with Crippen molar-refractivity contribution in [2.75, 3.05) is 159 Å². The molecular formula is C37H70O13Si. The largest absolute Gasteiger partial charge is 0.414 e. The highest BCUT2D eigenvalue weighted by Crippen LogP contribution is 2.36. The SMILES string of the molecule is CC(C)(C)[Si](C)(C)OCCOCCOCCOCCOCCOCCOCCOCCOCCOCCOCCOCCOCc1ccccc1. The van der Waals surface area contributed by atoms with Gasteiger partial charge in [-0.15, -0.1) is 0 Å². The maximum absolute atomic E-state index is 6.08. The van der Waals surface area contributed by atoms with E-state index in [1.54, 1.807) is 0 Å². The van der Waals surface area contributed by atoms with E-state index in [0.717, 1.165) is 5.56 Å². The molecule has 0 radical (unpaired) electrons. The van der Waals surface area contributed by atoms with E-state index in [9.17, 15) is 0 Å². The highest BCUT2D eigenvalue weighted by atomic mass is 28.4. The molecule has 1 aromatic rings. The van der Waals surface area contributed by atoms with Crippen molar-refractivity contribution < 1.29 is 61.3 Å². The molecule has 13 nitrogen and oxygen atoms in total. The van der Waals surface area contributed by atoms with Gasteiger partial charge in [0.15, 0.2) is 8.32 Å². The van der Waals surface area contributed by atoms with Gasteiger partial charge in [-0.25, -0.2) is 0 Å². The van der Waals surface area contributed by atoms with Gasteiger partial charge in [0.05, 0.1) is 165 Å². The van der Waals surface area contributed by atoms with E-state index >= 15 is 0 Å². The molecule has 0 aliphatic carbocycles. The first-order valence-electron chi connectivity index (χ1n) is 18.4. The van der Waals surface area contributed by atoms with Crippen LogP contribution in [-0.2, 0) is 67.9 Å².